The zero-order valence-corrected chi connectivity index (χ0v) is 16.5. The van der Waals surface area contributed by atoms with Gasteiger partial charge in [-0.1, -0.05) is 38.1 Å². The van der Waals surface area contributed by atoms with Crippen LogP contribution in [-0.2, 0) is 16.0 Å². The monoisotopic (exact) mass is 392 g/mol. The van der Waals surface area contributed by atoms with Crippen LogP contribution >= 0.6 is 0 Å². The Bertz CT molecular complexity index is 933. The van der Waals surface area contributed by atoms with Crippen LogP contribution in [0.25, 0.3) is 5.69 Å². The Hall–Kier alpha value is -3.48. The number of aromatic nitrogens is 3. The highest BCUT2D eigenvalue weighted by atomic mass is 16.5. The zero-order chi connectivity index (χ0) is 20.6. The largest absolute Gasteiger partial charge is 0.452 e. The number of benzene rings is 2. The van der Waals surface area contributed by atoms with Gasteiger partial charge in [0.25, 0.3) is 5.91 Å². The third kappa shape index (κ3) is 5.75. The van der Waals surface area contributed by atoms with E-state index < -0.39 is 5.97 Å². The maximum Gasteiger partial charge on any atom is 0.338 e. The fraction of sp³-hybridized carbons (Fsp3) is 0.273. The van der Waals surface area contributed by atoms with E-state index in [1.165, 1.54) is 11.9 Å². The Balaban J connectivity index is 1.40. The van der Waals surface area contributed by atoms with E-state index in [-0.39, 0.29) is 12.5 Å². The van der Waals surface area contributed by atoms with E-state index in [1.807, 2.05) is 0 Å². The van der Waals surface area contributed by atoms with Crippen LogP contribution in [-0.4, -0.2) is 39.8 Å². The van der Waals surface area contributed by atoms with Gasteiger partial charge in [0.1, 0.15) is 12.7 Å². The van der Waals surface area contributed by atoms with E-state index in [2.05, 4.69) is 53.5 Å². The summed E-state index contributed by atoms with van der Waals surface area (Å²) in [4.78, 5) is 27.9. The number of rotatable bonds is 8. The molecule has 0 saturated heterocycles. The topological polar surface area (TPSA) is 86.1 Å². The number of ether oxygens (including phenoxy) is 1. The number of nitrogens with one attached hydrogen (secondary N) is 1. The van der Waals surface area contributed by atoms with Crippen LogP contribution < -0.4 is 5.32 Å². The molecule has 0 aliphatic rings. The number of nitrogens with zero attached hydrogens (tertiary/aromatic N) is 3. The molecular weight excluding hydrogens is 368 g/mol. The van der Waals surface area contributed by atoms with Gasteiger partial charge in [-0.2, -0.15) is 5.10 Å². The van der Waals surface area contributed by atoms with Gasteiger partial charge in [-0.05, 0) is 47.7 Å². The molecule has 1 aromatic heterocycles. The highest BCUT2D eigenvalue weighted by Crippen LogP contribution is 2.14. The minimum Gasteiger partial charge on any atom is -0.452 e. The Kier molecular flexibility index (Phi) is 6.73. The Labute approximate surface area is 169 Å². The van der Waals surface area contributed by atoms with Gasteiger partial charge in [-0.3, -0.25) is 4.79 Å². The van der Waals surface area contributed by atoms with E-state index in [0.717, 1.165) is 17.7 Å². The van der Waals surface area contributed by atoms with Crippen molar-refractivity contribution in [2.75, 3.05) is 13.2 Å². The van der Waals surface area contributed by atoms with Gasteiger partial charge in [0.2, 0.25) is 0 Å². The summed E-state index contributed by atoms with van der Waals surface area (Å²) in [5, 5.41) is 6.79. The Morgan fingerprint density at radius 3 is 2.41 bits per heavy atom. The lowest BCUT2D eigenvalue weighted by atomic mass is 10.0. The maximum absolute atomic E-state index is 12.1. The third-order valence-corrected chi connectivity index (χ3v) is 4.50. The average molecular weight is 392 g/mol. The third-order valence-electron chi connectivity index (χ3n) is 4.50. The molecule has 1 N–H and O–H groups in total. The molecule has 0 fully saturated rings. The first-order valence-electron chi connectivity index (χ1n) is 9.50. The molecule has 0 bridgehead atoms. The van der Waals surface area contributed by atoms with Crippen molar-refractivity contribution in [2.45, 2.75) is 26.2 Å². The number of carbonyl (C=O) groups excluding carboxylic acids is 2. The maximum atomic E-state index is 12.1. The molecule has 7 nitrogen and oxygen atoms in total. The van der Waals surface area contributed by atoms with Crippen LogP contribution in [0.2, 0.25) is 0 Å². The van der Waals surface area contributed by atoms with E-state index in [0.29, 0.717) is 18.0 Å². The van der Waals surface area contributed by atoms with Crippen molar-refractivity contribution in [2.24, 2.45) is 0 Å². The van der Waals surface area contributed by atoms with Gasteiger partial charge in [0.15, 0.2) is 6.61 Å². The zero-order valence-electron chi connectivity index (χ0n) is 16.5. The smallest absolute Gasteiger partial charge is 0.338 e. The molecule has 1 amide bonds. The minimum atomic E-state index is -0.547. The molecule has 7 heteroatoms. The molecule has 0 radical (unpaired) electrons. The lowest BCUT2D eigenvalue weighted by Gasteiger charge is -2.09. The number of amides is 1. The summed E-state index contributed by atoms with van der Waals surface area (Å²) >= 11 is 0. The number of esters is 1. The fourth-order valence-electron chi connectivity index (χ4n) is 2.77. The minimum absolute atomic E-state index is 0.310. The van der Waals surface area contributed by atoms with Crippen LogP contribution in [0.1, 0.15) is 41.3 Å². The van der Waals surface area contributed by atoms with E-state index in [9.17, 15) is 9.59 Å². The lowest BCUT2D eigenvalue weighted by Crippen LogP contribution is -2.30. The van der Waals surface area contributed by atoms with Gasteiger partial charge in [0, 0.05) is 6.54 Å². The van der Waals surface area contributed by atoms with Crippen LogP contribution in [0.4, 0.5) is 0 Å². The van der Waals surface area contributed by atoms with Crippen molar-refractivity contribution in [1.82, 2.24) is 20.1 Å². The van der Waals surface area contributed by atoms with Crippen molar-refractivity contribution in [1.29, 1.82) is 0 Å². The molecule has 1 heterocycles. The predicted octanol–water partition coefficient (Wildman–Crippen LogP) is 2.91. The standard InChI is InChI=1S/C22H24N4O3/c1-16(2)18-5-3-17(4-6-18)11-12-24-21(27)13-29-22(28)19-7-9-20(10-8-19)26-15-23-14-25-26/h3-10,14-16H,11-13H2,1-2H3,(H,24,27). The van der Waals surface area contributed by atoms with Crippen molar-refractivity contribution in [3.63, 3.8) is 0 Å². The molecule has 0 atom stereocenters. The van der Waals surface area contributed by atoms with E-state index in [4.69, 9.17) is 4.74 Å². The van der Waals surface area contributed by atoms with Gasteiger partial charge in [0.05, 0.1) is 11.3 Å². The molecule has 3 aromatic rings. The summed E-state index contributed by atoms with van der Waals surface area (Å²) in [6.45, 7) is 4.49. The molecular formula is C22H24N4O3. The molecule has 0 aliphatic heterocycles. The molecule has 0 spiro atoms. The van der Waals surface area contributed by atoms with Crippen LogP contribution in [0.5, 0.6) is 0 Å². The van der Waals surface area contributed by atoms with Gasteiger partial charge < -0.3 is 10.1 Å². The molecule has 0 aliphatic carbocycles. The fourth-order valence-corrected chi connectivity index (χ4v) is 2.77. The quantitative estimate of drug-likeness (QED) is 0.596. The van der Waals surface area contributed by atoms with E-state index >= 15 is 0 Å². The van der Waals surface area contributed by atoms with Crippen LogP contribution in [0, 0.1) is 0 Å². The summed E-state index contributed by atoms with van der Waals surface area (Å²) in [5.41, 5.74) is 3.59. The molecule has 0 unspecified atom stereocenters. The van der Waals surface area contributed by atoms with Crippen molar-refractivity contribution >= 4 is 11.9 Å². The molecule has 3 rings (SSSR count). The summed E-state index contributed by atoms with van der Waals surface area (Å²) in [7, 11) is 0. The van der Waals surface area contributed by atoms with E-state index in [1.54, 1.807) is 35.3 Å². The first-order chi connectivity index (χ1) is 14.0. The second-order valence-electron chi connectivity index (χ2n) is 6.96. The predicted molar refractivity (Wildman–Crippen MR) is 109 cm³/mol. The van der Waals surface area contributed by atoms with Crippen LogP contribution in [0.3, 0.4) is 0 Å². The highest BCUT2D eigenvalue weighted by molar-refractivity contribution is 5.91. The normalized spacial score (nSPS) is 10.7. The lowest BCUT2D eigenvalue weighted by molar-refractivity contribution is -0.124. The molecule has 150 valence electrons. The summed E-state index contributed by atoms with van der Waals surface area (Å²) in [5.74, 6) is -0.372. The van der Waals surface area contributed by atoms with Crippen molar-refractivity contribution in [3.05, 3.63) is 77.9 Å². The highest BCUT2D eigenvalue weighted by Gasteiger charge is 2.10. The summed E-state index contributed by atoms with van der Waals surface area (Å²) in [6.07, 6.45) is 3.72. The van der Waals surface area contributed by atoms with Gasteiger partial charge in [-0.15, -0.1) is 0 Å². The molecule has 0 saturated carbocycles. The Morgan fingerprint density at radius 1 is 1.07 bits per heavy atom. The van der Waals surface area contributed by atoms with Gasteiger partial charge in [-0.25, -0.2) is 14.5 Å². The van der Waals surface area contributed by atoms with Crippen molar-refractivity contribution in [3.8, 4) is 5.69 Å². The second-order valence-corrected chi connectivity index (χ2v) is 6.96. The first-order valence-corrected chi connectivity index (χ1v) is 9.50. The second kappa shape index (κ2) is 9.64. The van der Waals surface area contributed by atoms with Crippen molar-refractivity contribution < 1.29 is 14.3 Å². The SMILES string of the molecule is CC(C)c1ccc(CCNC(=O)COC(=O)c2ccc(-n3cncn3)cc2)cc1. The average Bonchev–Trinajstić information content (AvgIpc) is 3.27. The number of carbonyl (C=O) groups is 2. The number of hydrogen-bond acceptors (Lipinski definition) is 5. The molecule has 2 aromatic carbocycles. The summed E-state index contributed by atoms with van der Waals surface area (Å²) in [6, 6.07) is 15.1. The Morgan fingerprint density at radius 2 is 1.79 bits per heavy atom. The number of hydrogen-bond donors (Lipinski definition) is 1. The molecule has 29 heavy (non-hydrogen) atoms. The van der Waals surface area contributed by atoms with Gasteiger partial charge >= 0.3 is 5.97 Å². The van der Waals surface area contributed by atoms with Crippen LogP contribution in [0.15, 0.2) is 61.2 Å². The summed E-state index contributed by atoms with van der Waals surface area (Å²) < 4.78 is 6.66. The first kappa shape index (κ1) is 20.3.